The number of aryl methyl sites for hydroxylation is 2. The number of nitrogens with zero attached hydrogens (tertiary/aromatic N) is 2. The maximum absolute atomic E-state index is 12.6. The predicted octanol–water partition coefficient (Wildman–Crippen LogP) is 3.03. The molecule has 5 rings (SSSR count). The van der Waals surface area contributed by atoms with Crippen LogP contribution >= 0.6 is 11.6 Å². The number of carbonyl (C=O) groups excluding carboxylic acids is 1. The average molecular weight is 422 g/mol. The zero-order chi connectivity index (χ0) is 20.7. The van der Waals surface area contributed by atoms with Crippen molar-refractivity contribution in [1.29, 1.82) is 0 Å². The third-order valence-electron chi connectivity index (χ3n) is 6.45. The van der Waals surface area contributed by atoms with Crippen molar-refractivity contribution in [3.8, 4) is 0 Å². The van der Waals surface area contributed by atoms with Crippen molar-refractivity contribution >= 4 is 34.6 Å². The lowest BCUT2D eigenvalue weighted by Gasteiger charge is -2.36. The Bertz CT molecular complexity index is 1150. The number of fused-ring (bicyclic) bond motifs is 3. The molecule has 2 aromatic carbocycles. The van der Waals surface area contributed by atoms with E-state index in [9.17, 15) is 4.79 Å². The Morgan fingerprint density at radius 2 is 2.20 bits per heavy atom. The largest absolute Gasteiger partial charge is 0.334 e. The molecule has 1 aliphatic heterocycles. The lowest BCUT2D eigenvalue weighted by atomic mass is 9.89. The highest BCUT2D eigenvalue weighted by molar-refractivity contribution is 6.33. The second kappa shape index (κ2) is 7.89. The molecule has 1 aliphatic carbocycles. The van der Waals surface area contributed by atoms with Gasteiger partial charge in [-0.25, -0.2) is 5.43 Å². The van der Waals surface area contributed by atoms with Crippen LogP contribution in [0.3, 0.4) is 0 Å². The van der Waals surface area contributed by atoms with Gasteiger partial charge in [-0.2, -0.15) is 5.10 Å². The highest BCUT2D eigenvalue weighted by atomic mass is 35.5. The number of amides is 1. The molecule has 30 heavy (non-hydrogen) atoms. The van der Waals surface area contributed by atoms with Gasteiger partial charge in [0.05, 0.1) is 25.0 Å². The van der Waals surface area contributed by atoms with Crippen LogP contribution in [0.5, 0.6) is 0 Å². The summed E-state index contributed by atoms with van der Waals surface area (Å²) in [4.78, 5) is 13.9. The van der Waals surface area contributed by atoms with Crippen LogP contribution in [-0.2, 0) is 17.8 Å². The Kier molecular flexibility index (Phi) is 5.09. The minimum absolute atomic E-state index is 0.0548. The van der Waals surface area contributed by atoms with E-state index in [2.05, 4.69) is 40.2 Å². The Labute approximate surface area is 181 Å². The van der Waals surface area contributed by atoms with Crippen molar-refractivity contribution in [3.63, 3.8) is 0 Å². The molecule has 1 unspecified atom stereocenters. The van der Waals surface area contributed by atoms with E-state index in [4.69, 9.17) is 11.6 Å². The fourth-order valence-electron chi connectivity index (χ4n) is 5.12. The summed E-state index contributed by atoms with van der Waals surface area (Å²) in [6, 6.07) is 14.6. The molecule has 2 heterocycles. The minimum atomic E-state index is -0.0548. The molecule has 0 saturated heterocycles. The van der Waals surface area contributed by atoms with E-state index in [0.29, 0.717) is 17.6 Å². The summed E-state index contributed by atoms with van der Waals surface area (Å²) < 4.78 is 2.50. The van der Waals surface area contributed by atoms with Crippen LogP contribution in [0.2, 0.25) is 5.02 Å². The zero-order valence-electron chi connectivity index (χ0n) is 17.1. The summed E-state index contributed by atoms with van der Waals surface area (Å²) >= 11 is 6.14. The van der Waals surface area contributed by atoms with Crippen LogP contribution in [0.1, 0.15) is 41.3 Å². The van der Waals surface area contributed by atoms with Gasteiger partial charge < -0.3 is 9.47 Å². The first-order chi connectivity index (χ1) is 14.6. The van der Waals surface area contributed by atoms with Gasteiger partial charge in [0.25, 0.3) is 5.91 Å². The van der Waals surface area contributed by atoms with Gasteiger partial charge in [0.2, 0.25) is 0 Å². The van der Waals surface area contributed by atoms with E-state index in [1.807, 2.05) is 24.3 Å². The molecular weight excluding hydrogens is 396 g/mol. The number of hydrazone groups is 1. The number of rotatable bonds is 4. The number of halogens is 1. The fraction of sp³-hybridized carbons (Fsp3) is 0.333. The Hall–Kier alpha value is -2.63. The van der Waals surface area contributed by atoms with Crippen LogP contribution in [0.4, 0.5) is 0 Å². The summed E-state index contributed by atoms with van der Waals surface area (Å²) in [5.74, 6) is -0.0548. The van der Waals surface area contributed by atoms with E-state index < -0.39 is 0 Å². The maximum Gasteiger partial charge on any atom is 0.295 e. The first-order valence-corrected chi connectivity index (χ1v) is 11.0. The smallest absolute Gasteiger partial charge is 0.295 e. The van der Waals surface area contributed by atoms with Gasteiger partial charge in [0.15, 0.2) is 6.54 Å². The van der Waals surface area contributed by atoms with Crippen molar-refractivity contribution in [2.24, 2.45) is 5.10 Å². The molecule has 0 bridgehead atoms. The van der Waals surface area contributed by atoms with Crippen LogP contribution < -0.4 is 10.3 Å². The molecule has 0 saturated carbocycles. The summed E-state index contributed by atoms with van der Waals surface area (Å²) in [7, 11) is 0. The van der Waals surface area contributed by atoms with Gasteiger partial charge in [-0.15, -0.1) is 0 Å². The Balaban J connectivity index is 1.33. The average Bonchev–Trinajstić information content (AvgIpc) is 3.06. The third kappa shape index (κ3) is 3.42. The van der Waals surface area contributed by atoms with E-state index in [-0.39, 0.29) is 5.91 Å². The quantitative estimate of drug-likeness (QED) is 0.493. The molecule has 6 heteroatoms. The molecule has 154 valence electrons. The molecule has 0 radical (unpaired) electrons. The lowest BCUT2D eigenvalue weighted by Crippen LogP contribution is -3.14. The molecule has 2 N–H and O–H groups in total. The van der Waals surface area contributed by atoms with Crippen LogP contribution in [0.15, 0.2) is 47.6 Å². The topological polar surface area (TPSA) is 50.8 Å². The van der Waals surface area contributed by atoms with E-state index in [1.54, 1.807) is 6.21 Å². The second-order valence-corrected chi connectivity index (χ2v) is 8.79. The molecule has 1 aromatic heterocycles. The van der Waals surface area contributed by atoms with Crippen molar-refractivity contribution in [3.05, 3.63) is 69.9 Å². The molecule has 0 spiro atoms. The second-order valence-electron chi connectivity index (χ2n) is 8.38. The number of benzene rings is 2. The standard InChI is InChI=1S/C24H25ClN4O/c1-16-9-10-21-19(13-16)18-6-4-8-22-24(18)29(21)12-11-28(22)15-23(30)27-26-14-17-5-2-3-7-20(17)25/h2-3,5,7,9-10,13-14,22H,4,6,8,11-12,15H2,1H3,(H,27,30)/p+1/t22-/m0/s1. The van der Waals surface area contributed by atoms with Gasteiger partial charge in [-0.1, -0.05) is 41.4 Å². The number of carbonyl (C=O) groups is 1. The van der Waals surface area contributed by atoms with E-state index >= 15 is 0 Å². The van der Waals surface area contributed by atoms with Crippen molar-refractivity contribution in [1.82, 2.24) is 9.99 Å². The Morgan fingerprint density at radius 1 is 1.33 bits per heavy atom. The van der Waals surface area contributed by atoms with Crippen LogP contribution in [0.25, 0.3) is 10.9 Å². The van der Waals surface area contributed by atoms with Gasteiger partial charge >= 0.3 is 0 Å². The van der Waals surface area contributed by atoms with E-state index in [1.165, 1.54) is 39.0 Å². The molecule has 5 nitrogen and oxygen atoms in total. The van der Waals surface area contributed by atoms with E-state index in [0.717, 1.165) is 31.5 Å². The van der Waals surface area contributed by atoms with Crippen LogP contribution in [-0.4, -0.2) is 29.8 Å². The lowest BCUT2D eigenvalue weighted by molar-refractivity contribution is -0.929. The van der Waals surface area contributed by atoms with Crippen LogP contribution in [0, 0.1) is 6.92 Å². The first kappa shape index (κ1) is 19.3. The van der Waals surface area contributed by atoms with Gasteiger partial charge in [0.1, 0.15) is 6.04 Å². The highest BCUT2D eigenvalue weighted by Gasteiger charge is 2.38. The number of nitrogens with one attached hydrogen (secondary N) is 2. The maximum atomic E-state index is 12.6. The first-order valence-electron chi connectivity index (χ1n) is 10.6. The SMILES string of the molecule is Cc1ccc2c(c1)c1c3n2CC[NH+](CC(=O)NN=Cc2ccccc2Cl)[C@H]3CCC1. The number of hydrogen-bond donors (Lipinski definition) is 2. The molecule has 0 fully saturated rings. The van der Waals surface area contributed by atoms with Gasteiger partial charge in [-0.05, 0) is 43.5 Å². The third-order valence-corrected chi connectivity index (χ3v) is 6.80. The monoisotopic (exact) mass is 421 g/mol. The summed E-state index contributed by atoms with van der Waals surface area (Å²) in [5.41, 5.74) is 9.09. The number of hydrogen-bond acceptors (Lipinski definition) is 2. The molecule has 2 atom stereocenters. The molecule has 3 aromatic rings. The van der Waals surface area contributed by atoms with Gasteiger partial charge in [0, 0.05) is 27.9 Å². The highest BCUT2D eigenvalue weighted by Crippen LogP contribution is 2.37. The summed E-state index contributed by atoms with van der Waals surface area (Å²) in [6.45, 7) is 4.51. The summed E-state index contributed by atoms with van der Waals surface area (Å²) in [6.07, 6.45) is 5.05. The van der Waals surface area contributed by atoms with Crippen molar-refractivity contribution in [2.45, 2.75) is 38.8 Å². The van der Waals surface area contributed by atoms with Gasteiger partial charge in [-0.3, -0.25) is 4.79 Å². The molecule has 1 amide bonds. The van der Waals surface area contributed by atoms with Crippen molar-refractivity contribution < 1.29 is 9.69 Å². The number of aromatic nitrogens is 1. The minimum Gasteiger partial charge on any atom is -0.334 e. The predicted molar refractivity (Wildman–Crippen MR) is 120 cm³/mol. The fourth-order valence-corrected chi connectivity index (χ4v) is 5.30. The van der Waals surface area contributed by atoms with Crippen molar-refractivity contribution in [2.75, 3.05) is 13.1 Å². The normalized spacial score (nSPS) is 20.5. The Morgan fingerprint density at radius 3 is 3.07 bits per heavy atom. The zero-order valence-corrected chi connectivity index (χ0v) is 17.9. The molecular formula is C24H26ClN4O+. The summed E-state index contributed by atoms with van der Waals surface area (Å²) in [5, 5.41) is 6.14. The number of quaternary nitrogens is 1. The molecule has 2 aliphatic rings.